The summed E-state index contributed by atoms with van der Waals surface area (Å²) in [5.74, 6) is -2.53. The summed E-state index contributed by atoms with van der Waals surface area (Å²) in [7, 11) is 0. The van der Waals surface area contributed by atoms with Crippen LogP contribution in [0.2, 0.25) is 0 Å². The predicted molar refractivity (Wildman–Crippen MR) is 123 cm³/mol. The second-order valence-electron chi connectivity index (χ2n) is 8.84. The molecule has 0 bridgehead atoms. The van der Waals surface area contributed by atoms with Gasteiger partial charge in [-0.15, -0.1) is 11.8 Å². The standard InChI is InChI=1S/C23H27N3O6S.Na/c1-10-18-17(12(3)28)22(30)26(18)19(23(31)32)20(10)33-15-8-16(24-9-15)21(29)25-14-6-4-5-13(7-14)11(2)27;/h4-7,10,12,15-18,24,27-28H,2,8-9H2,1,3H3,(H,25,29)(H,31,32);/q;+1/p+1/t10-,12-,15+,16+,17-,18-;/m1./s1. The summed E-state index contributed by atoms with van der Waals surface area (Å²) in [6, 6.07) is 6.11. The molecule has 6 N–H and O–H groups in total. The minimum absolute atomic E-state index is 0. The van der Waals surface area contributed by atoms with Crippen molar-refractivity contribution in [2.24, 2.45) is 11.8 Å². The van der Waals surface area contributed by atoms with Crippen molar-refractivity contribution in [1.29, 1.82) is 0 Å². The Balaban J connectivity index is 0.00000324. The van der Waals surface area contributed by atoms with Gasteiger partial charge in [-0.1, -0.05) is 25.6 Å². The van der Waals surface area contributed by atoms with Crippen LogP contribution in [0, 0.1) is 11.8 Å². The summed E-state index contributed by atoms with van der Waals surface area (Å²) in [5, 5.41) is 34.1. The Hall–Kier alpha value is -1.82. The van der Waals surface area contributed by atoms with Gasteiger partial charge in [0.05, 0.1) is 29.9 Å². The molecule has 0 unspecified atom stereocenters. The van der Waals surface area contributed by atoms with E-state index >= 15 is 0 Å². The Kier molecular flexibility index (Phi) is 8.22. The molecule has 3 heterocycles. The first-order valence-corrected chi connectivity index (χ1v) is 11.8. The van der Waals surface area contributed by atoms with Gasteiger partial charge in [0.2, 0.25) is 5.91 Å². The number of nitrogens with two attached hydrogens (primary N) is 1. The molecular formula is C23H28N3NaO6S+2. The molecule has 4 rings (SSSR count). The van der Waals surface area contributed by atoms with E-state index in [1.807, 2.05) is 12.2 Å². The van der Waals surface area contributed by atoms with Crippen molar-refractivity contribution in [3.63, 3.8) is 0 Å². The number of β-lactam (4-membered cyclic amide) rings is 1. The number of nitrogens with zero attached hydrogens (tertiary/aromatic N) is 1. The number of amides is 2. The molecular weight excluding hydrogens is 469 g/mol. The van der Waals surface area contributed by atoms with Crippen LogP contribution in [0.5, 0.6) is 0 Å². The monoisotopic (exact) mass is 497 g/mol. The second-order valence-corrected chi connectivity index (χ2v) is 10.2. The number of carbonyl (C=O) groups is 3. The molecule has 34 heavy (non-hydrogen) atoms. The number of nitrogens with one attached hydrogen (secondary N) is 1. The molecule has 2 fully saturated rings. The maximum absolute atomic E-state index is 12.8. The molecule has 2 saturated heterocycles. The van der Waals surface area contributed by atoms with Gasteiger partial charge in [0.15, 0.2) is 6.04 Å². The zero-order valence-corrected chi connectivity index (χ0v) is 22.2. The number of aliphatic hydroxyl groups excluding tert-OH is 2. The molecule has 0 aromatic heterocycles. The van der Waals surface area contributed by atoms with Crippen LogP contribution >= 0.6 is 11.8 Å². The summed E-state index contributed by atoms with van der Waals surface area (Å²) < 4.78 is 0. The van der Waals surface area contributed by atoms with E-state index < -0.39 is 18.0 Å². The maximum atomic E-state index is 12.8. The van der Waals surface area contributed by atoms with Crippen molar-refractivity contribution in [3.05, 3.63) is 47.0 Å². The third kappa shape index (κ3) is 4.80. The van der Waals surface area contributed by atoms with Gasteiger partial charge in [0.25, 0.3) is 5.91 Å². The number of benzene rings is 1. The first-order valence-electron chi connectivity index (χ1n) is 10.9. The Morgan fingerprint density at radius 2 is 2.03 bits per heavy atom. The van der Waals surface area contributed by atoms with Gasteiger partial charge in [-0.05, 0) is 19.1 Å². The number of quaternary nitrogens is 1. The molecule has 3 aliphatic rings. The first-order chi connectivity index (χ1) is 15.6. The van der Waals surface area contributed by atoms with Crippen molar-refractivity contribution in [2.45, 2.75) is 43.7 Å². The number of carboxylic acid groups (broad SMARTS) is 1. The number of aliphatic carboxylic acids is 1. The van der Waals surface area contributed by atoms with Crippen LogP contribution in [-0.2, 0) is 14.4 Å². The molecule has 1 aromatic rings. The summed E-state index contributed by atoms with van der Waals surface area (Å²) >= 11 is 1.42. The van der Waals surface area contributed by atoms with Crippen LogP contribution in [0.25, 0.3) is 5.76 Å². The third-order valence-corrected chi connectivity index (χ3v) is 8.14. The smallest absolute Gasteiger partial charge is 0.508 e. The van der Waals surface area contributed by atoms with Crippen molar-refractivity contribution in [2.75, 3.05) is 11.9 Å². The molecule has 6 atom stereocenters. The molecule has 0 radical (unpaired) electrons. The average Bonchev–Trinajstić information content (AvgIpc) is 3.30. The topological polar surface area (TPSA) is 144 Å². The Bertz CT molecular complexity index is 1060. The largest absolute Gasteiger partial charge is 1.00 e. The van der Waals surface area contributed by atoms with Crippen LogP contribution < -0.4 is 40.2 Å². The zero-order valence-electron chi connectivity index (χ0n) is 19.4. The third-order valence-electron chi connectivity index (χ3n) is 6.61. The number of hydrogen-bond acceptors (Lipinski definition) is 6. The molecule has 2 amide bonds. The summed E-state index contributed by atoms with van der Waals surface area (Å²) in [6.07, 6.45) is -0.292. The summed E-state index contributed by atoms with van der Waals surface area (Å²) in [5.41, 5.74) is 1.09. The molecule has 9 nitrogen and oxygen atoms in total. The number of aliphatic hydroxyl groups is 2. The molecule has 0 spiro atoms. The number of rotatable bonds is 7. The van der Waals surface area contributed by atoms with Crippen molar-refractivity contribution in [1.82, 2.24) is 4.90 Å². The van der Waals surface area contributed by atoms with Gasteiger partial charge in [0.1, 0.15) is 11.5 Å². The summed E-state index contributed by atoms with van der Waals surface area (Å²) in [4.78, 5) is 39.2. The fourth-order valence-electron chi connectivity index (χ4n) is 4.97. The van der Waals surface area contributed by atoms with Crippen molar-refractivity contribution in [3.8, 4) is 0 Å². The quantitative estimate of drug-likeness (QED) is 0.163. The van der Waals surface area contributed by atoms with Gasteiger partial charge >= 0.3 is 35.5 Å². The van der Waals surface area contributed by atoms with E-state index in [0.717, 1.165) is 0 Å². The fraction of sp³-hybridized carbons (Fsp3) is 0.435. The number of thioether (sulfide) groups is 1. The number of fused-ring (bicyclic) bond motifs is 1. The maximum Gasteiger partial charge on any atom is 1.00 e. The number of hydrogen-bond donors (Lipinski definition) is 5. The van der Waals surface area contributed by atoms with E-state index in [2.05, 4.69) is 11.9 Å². The van der Waals surface area contributed by atoms with Gasteiger partial charge in [-0.2, -0.15) is 0 Å². The predicted octanol–water partition coefficient (Wildman–Crippen LogP) is -2.25. The van der Waals surface area contributed by atoms with E-state index in [9.17, 15) is 29.7 Å². The van der Waals surface area contributed by atoms with Gasteiger partial charge in [0, 0.05) is 28.5 Å². The van der Waals surface area contributed by atoms with Crippen molar-refractivity contribution < 1.29 is 64.6 Å². The number of anilines is 1. The Morgan fingerprint density at radius 1 is 1.32 bits per heavy atom. The van der Waals surface area contributed by atoms with Gasteiger partial charge < -0.3 is 30.9 Å². The van der Waals surface area contributed by atoms with Crippen LogP contribution in [0.3, 0.4) is 0 Å². The minimum atomic E-state index is -1.15. The Labute approximate surface area is 224 Å². The second kappa shape index (κ2) is 10.4. The van der Waals surface area contributed by atoms with Crippen LogP contribution in [0.15, 0.2) is 41.4 Å². The molecule has 1 aromatic carbocycles. The molecule has 3 aliphatic heterocycles. The number of carboxylic acids is 1. The van der Waals surface area contributed by atoms with E-state index in [1.165, 1.54) is 16.7 Å². The summed E-state index contributed by atoms with van der Waals surface area (Å²) in [6.45, 7) is 7.57. The van der Waals surface area contributed by atoms with Crippen molar-refractivity contribution >= 4 is 41.0 Å². The number of carbonyl (C=O) groups excluding carboxylic acids is 2. The Morgan fingerprint density at radius 3 is 2.65 bits per heavy atom. The average molecular weight is 498 g/mol. The molecule has 0 aliphatic carbocycles. The van der Waals surface area contributed by atoms with Crippen LogP contribution in [-0.4, -0.2) is 68.0 Å². The van der Waals surface area contributed by atoms with E-state index in [-0.39, 0.29) is 76.1 Å². The van der Waals surface area contributed by atoms with Gasteiger partial charge in [-0.25, -0.2) is 4.79 Å². The fourth-order valence-corrected chi connectivity index (χ4v) is 6.49. The zero-order chi connectivity index (χ0) is 24.0. The molecule has 0 saturated carbocycles. The normalized spacial score (nSPS) is 28.6. The van der Waals surface area contributed by atoms with Crippen LogP contribution in [0.1, 0.15) is 25.8 Å². The SMILES string of the molecule is C=C(O)c1cccc(NC(=O)[C@@H]2C[C@H](SC3=C(C(=O)O)N4C(=O)[C@H]([C@@H](C)O)[C@H]4[C@H]3C)C[NH2+]2)c1.[Na+]. The molecule has 11 heteroatoms. The molecule has 176 valence electrons. The van der Waals surface area contributed by atoms with E-state index in [1.54, 1.807) is 31.2 Å². The van der Waals surface area contributed by atoms with Gasteiger partial charge in [-0.3, -0.25) is 9.59 Å². The minimum Gasteiger partial charge on any atom is -0.508 e. The first kappa shape index (κ1) is 26.8. The van der Waals surface area contributed by atoms with E-state index in [0.29, 0.717) is 29.1 Å². The van der Waals surface area contributed by atoms with Crippen LogP contribution in [0.4, 0.5) is 5.69 Å². The van der Waals surface area contributed by atoms with E-state index in [4.69, 9.17) is 0 Å².